The third-order valence-corrected chi connectivity index (χ3v) is 5.36. The number of halogens is 1. The van der Waals surface area contributed by atoms with Gasteiger partial charge in [0.1, 0.15) is 5.82 Å². The Morgan fingerprint density at radius 1 is 0.885 bits per heavy atom. The lowest BCUT2D eigenvalue weighted by molar-refractivity contribution is -0.122. The first-order valence-corrected chi connectivity index (χ1v) is 8.89. The Morgan fingerprint density at radius 3 is 2.23 bits per heavy atom. The van der Waals surface area contributed by atoms with Gasteiger partial charge in [0.15, 0.2) is 5.78 Å². The summed E-state index contributed by atoms with van der Waals surface area (Å²) in [6.45, 7) is 2.01. The molecule has 0 fully saturated rings. The van der Waals surface area contributed by atoms with Crippen LogP contribution in [0.25, 0.3) is 0 Å². The quantitative estimate of drug-likeness (QED) is 0.886. The molecule has 26 heavy (non-hydrogen) atoms. The number of aryl methyl sites for hydroxylation is 1. The molecule has 2 atom stereocenters. The average Bonchev–Trinajstić information content (AvgIpc) is 2.62. The van der Waals surface area contributed by atoms with Crippen LogP contribution in [-0.4, -0.2) is 11.7 Å². The van der Waals surface area contributed by atoms with E-state index < -0.39 is 0 Å². The van der Waals surface area contributed by atoms with Gasteiger partial charge in [0, 0.05) is 30.0 Å². The summed E-state index contributed by atoms with van der Waals surface area (Å²) >= 11 is 0. The zero-order chi connectivity index (χ0) is 18.3. The van der Waals surface area contributed by atoms with Crippen LogP contribution in [0.5, 0.6) is 0 Å². The number of rotatable bonds is 2. The van der Waals surface area contributed by atoms with Gasteiger partial charge in [-0.15, -0.1) is 0 Å². The molecule has 4 rings (SSSR count). The Balaban J connectivity index is 1.70. The van der Waals surface area contributed by atoms with Crippen LogP contribution in [0.3, 0.4) is 0 Å². The molecular weight excluding hydrogens is 329 g/mol. The topological polar surface area (TPSA) is 46.2 Å². The highest BCUT2D eigenvalue weighted by Crippen LogP contribution is 2.42. The second-order valence-electron chi connectivity index (χ2n) is 7.19. The minimum Gasteiger partial charge on any atom is -0.329 e. The first-order valence-electron chi connectivity index (χ1n) is 8.89. The van der Waals surface area contributed by atoms with E-state index in [4.69, 9.17) is 0 Å². The number of amides is 1. The third-order valence-electron chi connectivity index (χ3n) is 5.36. The molecule has 2 aliphatic rings. The minimum absolute atomic E-state index is 0.0288. The van der Waals surface area contributed by atoms with Gasteiger partial charge in [-0.3, -0.25) is 9.59 Å². The molecule has 0 bridgehead atoms. The molecule has 0 aromatic heterocycles. The second-order valence-corrected chi connectivity index (χ2v) is 7.19. The highest BCUT2D eigenvalue weighted by Gasteiger charge is 2.38. The fourth-order valence-electron chi connectivity index (χ4n) is 4.01. The van der Waals surface area contributed by atoms with Crippen molar-refractivity contribution in [1.82, 2.24) is 5.32 Å². The molecule has 0 saturated carbocycles. The molecule has 132 valence electrons. The summed E-state index contributed by atoms with van der Waals surface area (Å²) in [4.78, 5) is 25.2. The summed E-state index contributed by atoms with van der Waals surface area (Å²) in [6.07, 6.45) is 1.29. The van der Waals surface area contributed by atoms with Crippen LogP contribution >= 0.6 is 0 Å². The molecule has 1 aliphatic heterocycles. The van der Waals surface area contributed by atoms with E-state index in [1.54, 1.807) is 12.1 Å². The standard InChI is InChI=1S/C22H20FNO2/c1-13-2-4-15(5-3-13)18-12-21(26)24-19-10-16(11-20(25)22(18)19)14-6-8-17(23)9-7-14/h2-9,16,18H,10-12H2,1H3,(H,24,26)/t16-,18+/m1/s1. The Bertz CT molecular complexity index is 897. The average molecular weight is 349 g/mol. The van der Waals surface area contributed by atoms with Gasteiger partial charge in [-0.1, -0.05) is 42.0 Å². The SMILES string of the molecule is Cc1ccc([C@@H]2CC(=O)NC3=C2C(=O)C[C@H](c2ccc(F)cc2)C3)cc1. The van der Waals surface area contributed by atoms with Crippen molar-refractivity contribution in [1.29, 1.82) is 0 Å². The van der Waals surface area contributed by atoms with Gasteiger partial charge in [-0.2, -0.15) is 0 Å². The van der Waals surface area contributed by atoms with Gasteiger partial charge in [0.2, 0.25) is 5.91 Å². The molecule has 4 heteroatoms. The van der Waals surface area contributed by atoms with Crippen LogP contribution in [0.2, 0.25) is 0 Å². The fraction of sp³-hybridized carbons (Fsp3) is 0.273. The van der Waals surface area contributed by atoms with Crippen LogP contribution in [-0.2, 0) is 9.59 Å². The predicted octanol–water partition coefficient (Wildman–Crippen LogP) is 4.14. The van der Waals surface area contributed by atoms with E-state index in [1.165, 1.54) is 12.1 Å². The number of benzene rings is 2. The number of hydrogen-bond donors (Lipinski definition) is 1. The van der Waals surface area contributed by atoms with Crippen LogP contribution in [0.4, 0.5) is 4.39 Å². The number of allylic oxidation sites excluding steroid dienone is 2. The van der Waals surface area contributed by atoms with E-state index in [0.29, 0.717) is 19.3 Å². The number of Topliss-reactive ketones (excluding diaryl/α,β-unsaturated/α-hetero) is 1. The predicted molar refractivity (Wildman–Crippen MR) is 97.1 cm³/mol. The van der Waals surface area contributed by atoms with Gasteiger partial charge in [0.05, 0.1) is 0 Å². The number of carbonyl (C=O) groups is 2. The second kappa shape index (κ2) is 6.52. The van der Waals surface area contributed by atoms with Crippen molar-refractivity contribution >= 4 is 11.7 Å². The van der Waals surface area contributed by atoms with Crippen LogP contribution in [0, 0.1) is 12.7 Å². The summed E-state index contributed by atoms with van der Waals surface area (Å²) < 4.78 is 13.2. The normalized spacial score (nSPS) is 22.8. The van der Waals surface area contributed by atoms with Gasteiger partial charge in [-0.05, 0) is 42.5 Å². The van der Waals surface area contributed by atoms with Crippen LogP contribution < -0.4 is 5.32 Å². The molecule has 2 aromatic rings. The minimum atomic E-state index is -0.291. The number of carbonyl (C=O) groups excluding carboxylic acids is 2. The van der Waals surface area contributed by atoms with E-state index >= 15 is 0 Å². The first kappa shape index (κ1) is 16.7. The van der Waals surface area contributed by atoms with E-state index in [9.17, 15) is 14.0 Å². The summed E-state index contributed by atoms with van der Waals surface area (Å²) in [7, 11) is 0. The number of ketones is 1. The molecule has 2 aromatic carbocycles. The Labute approximate surface area is 151 Å². The lowest BCUT2D eigenvalue weighted by Gasteiger charge is -2.34. The highest BCUT2D eigenvalue weighted by molar-refractivity contribution is 6.02. The maximum absolute atomic E-state index is 13.2. The van der Waals surface area contributed by atoms with E-state index in [2.05, 4.69) is 5.32 Å². The zero-order valence-corrected chi connectivity index (χ0v) is 14.6. The molecule has 1 heterocycles. The Hall–Kier alpha value is -2.75. The highest BCUT2D eigenvalue weighted by atomic mass is 19.1. The van der Waals surface area contributed by atoms with E-state index in [-0.39, 0.29) is 29.3 Å². The smallest absolute Gasteiger partial charge is 0.225 e. The molecule has 1 N–H and O–H groups in total. The molecular formula is C22H20FNO2. The zero-order valence-electron chi connectivity index (χ0n) is 14.6. The lowest BCUT2D eigenvalue weighted by Crippen LogP contribution is -2.38. The van der Waals surface area contributed by atoms with Crippen molar-refractivity contribution in [3.05, 3.63) is 82.3 Å². The van der Waals surface area contributed by atoms with E-state index in [1.807, 2.05) is 31.2 Å². The Morgan fingerprint density at radius 2 is 1.54 bits per heavy atom. The van der Waals surface area contributed by atoms with Crippen molar-refractivity contribution in [2.24, 2.45) is 0 Å². The van der Waals surface area contributed by atoms with Crippen molar-refractivity contribution in [3.63, 3.8) is 0 Å². The van der Waals surface area contributed by atoms with Gasteiger partial charge in [-0.25, -0.2) is 4.39 Å². The maximum atomic E-state index is 13.2. The summed E-state index contributed by atoms with van der Waals surface area (Å²) in [5.41, 5.74) is 4.56. The molecule has 1 amide bonds. The van der Waals surface area contributed by atoms with Gasteiger partial charge in [0.25, 0.3) is 0 Å². The van der Waals surface area contributed by atoms with E-state index in [0.717, 1.165) is 28.0 Å². The number of hydrogen-bond acceptors (Lipinski definition) is 2. The molecule has 0 radical (unpaired) electrons. The Kier molecular flexibility index (Phi) is 4.19. The van der Waals surface area contributed by atoms with Gasteiger partial charge >= 0.3 is 0 Å². The maximum Gasteiger partial charge on any atom is 0.225 e. The summed E-state index contributed by atoms with van der Waals surface area (Å²) in [5, 5.41) is 2.92. The van der Waals surface area contributed by atoms with Crippen molar-refractivity contribution in [3.8, 4) is 0 Å². The molecule has 0 spiro atoms. The van der Waals surface area contributed by atoms with Crippen molar-refractivity contribution in [2.45, 2.75) is 38.0 Å². The largest absolute Gasteiger partial charge is 0.329 e. The third kappa shape index (κ3) is 3.07. The van der Waals surface area contributed by atoms with Crippen LogP contribution in [0.1, 0.15) is 47.8 Å². The van der Waals surface area contributed by atoms with Crippen LogP contribution in [0.15, 0.2) is 59.8 Å². The number of nitrogens with one attached hydrogen (secondary N) is 1. The fourth-order valence-corrected chi connectivity index (χ4v) is 4.01. The molecule has 1 aliphatic carbocycles. The molecule has 0 saturated heterocycles. The van der Waals surface area contributed by atoms with Crippen molar-refractivity contribution in [2.75, 3.05) is 0 Å². The van der Waals surface area contributed by atoms with Gasteiger partial charge < -0.3 is 5.32 Å². The first-order chi connectivity index (χ1) is 12.5. The lowest BCUT2D eigenvalue weighted by atomic mass is 9.73. The summed E-state index contributed by atoms with van der Waals surface area (Å²) in [5.74, 6) is -0.478. The summed E-state index contributed by atoms with van der Waals surface area (Å²) in [6, 6.07) is 14.3. The molecule has 0 unspecified atom stereocenters. The monoisotopic (exact) mass is 349 g/mol. The molecule has 3 nitrogen and oxygen atoms in total. The van der Waals surface area contributed by atoms with Crippen molar-refractivity contribution < 1.29 is 14.0 Å².